The van der Waals surface area contributed by atoms with E-state index >= 15 is 0 Å². The van der Waals surface area contributed by atoms with Gasteiger partial charge in [-0.15, -0.1) is 10.9 Å². The van der Waals surface area contributed by atoms with E-state index in [0.717, 1.165) is 7.05 Å². The van der Waals surface area contributed by atoms with Crippen LogP contribution in [-0.2, 0) is 47.9 Å². The number of amides is 10. The van der Waals surface area contributed by atoms with Crippen molar-refractivity contribution in [3.63, 3.8) is 0 Å². The monoisotopic (exact) mass is 984 g/mol. The Morgan fingerprint density at radius 3 is 0.776 bits per heavy atom. The quantitative estimate of drug-likeness (QED) is 0.0604. The van der Waals surface area contributed by atoms with Crippen LogP contribution in [0.2, 0.25) is 0 Å². The first-order chi connectivity index (χ1) is 30.8. The summed E-state index contributed by atoms with van der Waals surface area (Å²) in [4.78, 5) is 164. The molecule has 40 nitrogen and oxygen atoms in total. The Morgan fingerprint density at radius 2 is 0.642 bits per heavy atom. The zero-order valence-electron chi connectivity index (χ0n) is 38.6. The molecule has 0 aromatic heterocycles. The maximum absolute atomic E-state index is 11.1. The lowest BCUT2D eigenvalue weighted by Gasteiger charge is -2.10. The molecule has 67 heavy (non-hydrogen) atoms. The first-order valence-electron chi connectivity index (χ1n) is 17.6. The molecule has 0 aromatic rings. The Balaban J connectivity index is -0.000000103. The summed E-state index contributed by atoms with van der Waals surface area (Å²) < 4.78 is 0. The third kappa shape index (κ3) is 43.2. The lowest BCUT2D eigenvalue weighted by molar-refractivity contribution is -0.638. The summed E-state index contributed by atoms with van der Waals surface area (Å²) >= 11 is 0. The molecule has 0 radical (unpaired) electrons. The first-order valence-corrected chi connectivity index (χ1v) is 17.6. The van der Waals surface area contributed by atoms with E-state index in [4.69, 9.17) is 10.1 Å². The molecule has 0 saturated carbocycles. The highest BCUT2D eigenvalue weighted by atomic mass is 16.7. The van der Waals surface area contributed by atoms with Crippen LogP contribution in [0.1, 0.15) is 34.6 Å². The van der Waals surface area contributed by atoms with E-state index in [1.165, 1.54) is 49.2 Å². The molecule has 0 fully saturated rings. The van der Waals surface area contributed by atoms with E-state index in [1.807, 2.05) is 19.3 Å². The zero-order valence-corrected chi connectivity index (χ0v) is 38.6. The minimum absolute atomic E-state index is 0.0116. The number of hydrogen-bond donors (Lipinski definition) is 8. The lowest BCUT2D eigenvalue weighted by atomic mass is 10.5. The number of carbonyl (C=O) groups excluding carboxylic acids is 10. The fourth-order valence-corrected chi connectivity index (χ4v) is 2.02. The van der Waals surface area contributed by atoms with Gasteiger partial charge in [0.2, 0.25) is 0 Å². The van der Waals surface area contributed by atoms with Gasteiger partial charge in [-0.2, -0.15) is 0 Å². The van der Waals surface area contributed by atoms with Crippen molar-refractivity contribution in [2.75, 3.05) is 83.1 Å². The van der Waals surface area contributed by atoms with E-state index in [1.54, 1.807) is 19.3 Å². The van der Waals surface area contributed by atoms with Gasteiger partial charge >= 0.3 is 59.1 Å². The number of hydrazine groups is 6. The van der Waals surface area contributed by atoms with Gasteiger partial charge in [-0.3, -0.25) is 47.9 Å². The van der Waals surface area contributed by atoms with E-state index in [0.29, 0.717) is 27.2 Å². The van der Waals surface area contributed by atoms with Gasteiger partial charge in [0, 0.05) is 41.8 Å². The van der Waals surface area contributed by atoms with E-state index < -0.39 is 89.3 Å². The summed E-state index contributed by atoms with van der Waals surface area (Å²) in [5.74, 6) is -9.96. The topological polar surface area (TPSA) is 539 Å². The fourth-order valence-electron chi connectivity index (χ4n) is 2.02. The zero-order chi connectivity index (χ0) is 55.3. The number of nitrogens with zero attached hydrogens (tertiary/aromatic N) is 10. The minimum Gasteiger partial charge on any atom is -0.351 e. The smallest absolute Gasteiger partial charge is 0.351 e. The van der Waals surface area contributed by atoms with Crippen LogP contribution in [0.25, 0.3) is 0 Å². The molecule has 10 amide bonds. The predicted molar refractivity (Wildman–Crippen MR) is 221 cm³/mol. The van der Waals surface area contributed by atoms with Crippen LogP contribution in [0.3, 0.4) is 0 Å². The molecular formula is C27H56N18O22. The maximum atomic E-state index is 11.1. The Kier molecular flexibility index (Phi) is 51.8. The summed E-state index contributed by atoms with van der Waals surface area (Å²) in [5, 5.41) is 65.7. The molecule has 0 rings (SSSR count). The average molecular weight is 985 g/mol. The van der Waals surface area contributed by atoms with Crippen LogP contribution in [0.15, 0.2) is 0 Å². The Labute approximate surface area is 378 Å². The molecular weight excluding hydrogens is 928 g/mol. The minimum atomic E-state index is -1.59. The molecule has 40 heteroatoms. The number of nitro groups is 6. The highest BCUT2D eigenvalue weighted by molar-refractivity contribution is 6.36. The second kappa shape index (κ2) is 46.2. The van der Waals surface area contributed by atoms with Crippen LogP contribution in [0.5, 0.6) is 0 Å². The molecule has 0 aromatic carbocycles. The number of likely N-dealkylation sites (N-methyl/N-ethyl adjacent to an activating group) is 10. The van der Waals surface area contributed by atoms with Crippen LogP contribution in [0, 0.1) is 60.7 Å². The predicted octanol–water partition coefficient (Wildman–Crippen LogP) is -7.00. The van der Waals surface area contributed by atoms with Gasteiger partial charge in [0.05, 0.1) is 41.3 Å². The average Bonchev–Trinajstić information content (AvgIpc) is 3.30. The molecule has 0 aliphatic rings. The molecule has 0 aliphatic heterocycles. The summed E-state index contributed by atoms with van der Waals surface area (Å²) in [6.45, 7) is 9.19. The van der Waals surface area contributed by atoms with Gasteiger partial charge in [0.15, 0.2) is 30.2 Å². The molecule has 386 valence electrons. The highest BCUT2D eigenvalue weighted by Gasteiger charge is 2.36. The highest BCUT2D eigenvalue weighted by Crippen LogP contribution is 1.95. The van der Waals surface area contributed by atoms with Gasteiger partial charge in [-0.25, -0.2) is 60.7 Å². The van der Waals surface area contributed by atoms with Crippen molar-refractivity contribution in [2.24, 2.45) is 0 Å². The Bertz CT molecular complexity index is 1600. The molecule has 0 spiro atoms. The second-order valence-corrected chi connectivity index (χ2v) is 9.46. The maximum Gasteiger partial charge on any atom is 0.376 e. The number of rotatable bonds is 9. The largest absolute Gasteiger partial charge is 0.376 e. The van der Waals surface area contributed by atoms with E-state index in [9.17, 15) is 98.5 Å². The Hall–Kier alpha value is -9.30. The van der Waals surface area contributed by atoms with Crippen LogP contribution >= 0.6 is 0 Å². The van der Waals surface area contributed by atoms with E-state index in [2.05, 4.69) is 31.9 Å². The van der Waals surface area contributed by atoms with Crippen molar-refractivity contribution in [2.45, 2.75) is 34.6 Å². The van der Waals surface area contributed by atoms with Crippen molar-refractivity contribution in [3.05, 3.63) is 60.7 Å². The Morgan fingerprint density at radius 1 is 0.403 bits per heavy atom. The van der Waals surface area contributed by atoms with Crippen molar-refractivity contribution >= 4 is 59.1 Å². The van der Waals surface area contributed by atoms with Crippen LogP contribution < -0.4 is 42.8 Å². The van der Waals surface area contributed by atoms with E-state index in [-0.39, 0.29) is 26.6 Å². The first kappa shape index (κ1) is 75.1. The molecule has 0 aliphatic carbocycles. The standard InChI is InChI=1S/C5H8N4O6.C5H10N2O2.C4H6N4O6.2C4H8N2O2.C2H6N2O2.C2H6.CH4N2O2/c1-3-7(9(14)15)5(11)4(10)6(2)8(12)13;1-3-7-5(9)4(8)6-2;1-5(7(11)12)3(9)4(10)6(2)8(13)14;2*1-5-3(7)4(8)6-2;1-2-3-4(5)6;1-2;1-2-3(4)5/h3H2,1-2H3;3H2,1-2H3,(H,6,8)(H,7,9);1-2H3;2*1-2H3,(H,5,7)(H,6,8);3H,2H2,1H3;1-2H3;2H,1H3. The molecule has 8 N–H and O–H groups in total. The van der Waals surface area contributed by atoms with Crippen molar-refractivity contribution in [1.82, 2.24) is 62.8 Å². The lowest BCUT2D eigenvalue weighted by Crippen LogP contribution is -2.47. The molecule has 0 heterocycles. The third-order valence-electron chi connectivity index (χ3n) is 5.27. The van der Waals surface area contributed by atoms with Crippen LogP contribution in [0.4, 0.5) is 0 Å². The van der Waals surface area contributed by atoms with Gasteiger partial charge in [-0.1, -0.05) is 33.9 Å². The third-order valence-corrected chi connectivity index (χ3v) is 5.27. The fraction of sp³-hybridized carbons (Fsp3) is 0.630. The molecule has 0 saturated heterocycles. The van der Waals surface area contributed by atoms with Gasteiger partial charge in [0.1, 0.15) is 0 Å². The SMILES string of the molecule is CC.CCN(C(=O)C(=O)N(C)[N+](=O)[O-])[N+](=O)[O-].CCNC(=O)C(=O)NC.CCN[N+](=O)[O-].CN(C(=O)C(=O)N(C)[N+](=O)[O-])[N+](=O)[O-].CNC(=O)C(=O)NC.CNC(=O)C(=O)NC.CN[N+](=O)[O-]. The summed E-state index contributed by atoms with van der Waals surface area (Å²) in [7, 11) is 10.4. The number of hydrogen-bond acceptors (Lipinski definition) is 22. The molecule has 0 bridgehead atoms. The summed E-state index contributed by atoms with van der Waals surface area (Å²) in [6.07, 6.45) is 0. The van der Waals surface area contributed by atoms with Gasteiger partial charge in [0.25, 0.3) is 0 Å². The summed E-state index contributed by atoms with van der Waals surface area (Å²) in [6, 6.07) is 0. The molecule has 0 unspecified atom stereocenters. The van der Waals surface area contributed by atoms with Crippen molar-refractivity contribution in [3.8, 4) is 0 Å². The number of carbonyl (C=O) groups is 10. The van der Waals surface area contributed by atoms with Crippen molar-refractivity contribution in [1.29, 1.82) is 0 Å². The molecule has 0 atom stereocenters. The second-order valence-electron chi connectivity index (χ2n) is 9.46. The number of nitrogens with one attached hydrogen (secondary N) is 8. The summed E-state index contributed by atoms with van der Waals surface area (Å²) in [5.41, 5.74) is 3.68. The van der Waals surface area contributed by atoms with Crippen LogP contribution in [-0.4, -0.2) is 192 Å². The van der Waals surface area contributed by atoms with Gasteiger partial charge < -0.3 is 31.9 Å². The van der Waals surface area contributed by atoms with Crippen molar-refractivity contribution < 1.29 is 78.1 Å². The normalized spacial score (nSPS) is 8.15. The van der Waals surface area contributed by atoms with Gasteiger partial charge in [-0.05, 0) is 20.8 Å².